The van der Waals surface area contributed by atoms with Crippen LogP contribution in [0, 0.1) is 0 Å². The minimum atomic E-state index is -1.07. The lowest BCUT2D eigenvalue weighted by Gasteiger charge is -2.21. The van der Waals surface area contributed by atoms with Gasteiger partial charge in [0.15, 0.2) is 0 Å². The molecule has 1 aromatic rings. The van der Waals surface area contributed by atoms with E-state index in [1.54, 1.807) is 37.2 Å². The first-order valence-electron chi connectivity index (χ1n) is 6.96. The van der Waals surface area contributed by atoms with Gasteiger partial charge in [0.2, 0.25) is 0 Å². The summed E-state index contributed by atoms with van der Waals surface area (Å²) in [5.41, 5.74) is 0.292. The van der Waals surface area contributed by atoms with Crippen molar-refractivity contribution in [1.29, 1.82) is 0 Å². The Morgan fingerprint density at radius 1 is 1.50 bits per heavy atom. The predicted octanol–water partition coefficient (Wildman–Crippen LogP) is 2.02. The fourth-order valence-corrected chi connectivity index (χ4v) is 2.54. The SMILES string of the molecule is Cn1ccc(CSCCC(NC(=O)OC(C)(C)C)C(=O)O)n1. The molecule has 0 saturated heterocycles. The number of rotatable bonds is 7. The number of thioether (sulfide) groups is 1. The summed E-state index contributed by atoms with van der Waals surface area (Å²) in [6.45, 7) is 5.18. The number of hydrogen-bond donors (Lipinski definition) is 2. The van der Waals surface area contributed by atoms with Crippen LogP contribution in [0.5, 0.6) is 0 Å². The zero-order chi connectivity index (χ0) is 16.8. The summed E-state index contributed by atoms with van der Waals surface area (Å²) in [5.74, 6) is 0.243. The number of nitrogens with one attached hydrogen (secondary N) is 1. The van der Waals surface area contributed by atoms with Crippen LogP contribution in [-0.4, -0.2) is 44.3 Å². The highest BCUT2D eigenvalue weighted by Crippen LogP contribution is 2.13. The van der Waals surface area contributed by atoms with Crippen molar-refractivity contribution in [3.05, 3.63) is 18.0 Å². The number of carbonyl (C=O) groups is 2. The van der Waals surface area contributed by atoms with E-state index in [9.17, 15) is 9.59 Å². The van der Waals surface area contributed by atoms with Crippen molar-refractivity contribution in [2.24, 2.45) is 7.05 Å². The molecule has 1 atom stereocenters. The van der Waals surface area contributed by atoms with Gasteiger partial charge in [0.25, 0.3) is 0 Å². The molecule has 1 amide bonds. The van der Waals surface area contributed by atoms with Crippen LogP contribution in [-0.2, 0) is 22.3 Å². The Morgan fingerprint density at radius 2 is 2.18 bits per heavy atom. The highest BCUT2D eigenvalue weighted by atomic mass is 32.2. The molecule has 0 saturated carbocycles. The van der Waals surface area contributed by atoms with Crippen molar-refractivity contribution in [2.45, 2.75) is 44.6 Å². The summed E-state index contributed by atoms with van der Waals surface area (Å²) >= 11 is 1.57. The third-order valence-corrected chi connectivity index (χ3v) is 3.58. The van der Waals surface area contributed by atoms with Crippen LogP contribution in [0.4, 0.5) is 4.79 Å². The molecular formula is C14H23N3O4S. The molecule has 22 heavy (non-hydrogen) atoms. The van der Waals surface area contributed by atoms with Crippen LogP contribution in [0.15, 0.2) is 12.3 Å². The zero-order valence-electron chi connectivity index (χ0n) is 13.3. The number of carbonyl (C=O) groups excluding carboxylic acids is 1. The number of carboxylic acids is 1. The van der Waals surface area contributed by atoms with Gasteiger partial charge >= 0.3 is 12.1 Å². The maximum atomic E-state index is 11.6. The molecule has 124 valence electrons. The molecule has 2 N–H and O–H groups in total. The Bertz CT molecular complexity index is 510. The molecule has 1 rings (SSSR count). The van der Waals surface area contributed by atoms with Crippen molar-refractivity contribution in [3.8, 4) is 0 Å². The Balaban J connectivity index is 2.35. The Kier molecular flexibility index (Phi) is 6.73. The number of ether oxygens (including phenoxy) is 1. The van der Waals surface area contributed by atoms with Gasteiger partial charge in [0, 0.05) is 19.0 Å². The highest BCUT2D eigenvalue weighted by Gasteiger charge is 2.23. The summed E-state index contributed by atoms with van der Waals surface area (Å²) < 4.78 is 6.79. The second-order valence-electron chi connectivity index (χ2n) is 5.86. The number of aliphatic carboxylic acids is 1. The topological polar surface area (TPSA) is 93.5 Å². The van der Waals surface area contributed by atoms with E-state index in [-0.39, 0.29) is 0 Å². The largest absolute Gasteiger partial charge is 0.480 e. The number of aryl methyl sites for hydroxylation is 1. The molecule has 0 aliphatic heterocycles. The molecule has 1 heterocycles. The molecule has 0 aromatic carbocycles. The maximum Gasteiger partial charge on any atom is 0.408 e. The molecule has 0 fully saturated rings. The lowest BCUT2D eigenvalue weighted by molar-refractivity contribution is -0.139. The number of hydrogen-bond acceptors (Lipinski definition) is 5. The third-order valence-electron chi connectivity index (χ3n) is 2.56. The average molecular weight is 329 g/mol. The van der Waals surface area contributed by atoms with Gasteiger partial charge in [-0.1, -0.05) is 0 Å². The molecule has 0 bridgehead atoms. The Morgan fingerprint density at radius 3 is 2.68 bits per heavy atom. The van der Waals surface area contributed by atoms with E-state index >= 15 is 0 Å². The maximum absolute atomic E-state index is 11.6. The van der Waals surface area contributed by atoms with Crippen molar-refractivity contribution >= 4 is 23.8 Å². The van der Waals surface area contributed by atoms with Crippen molar-refractivity contribution in [3.63, 3.8) is 0 Å². The van der Waals surface area contributed by atoms with Crippen molar-refractivity contribution < 1.29 is 19.4 Å². The molecule has 0 aliphatic carbocycles. The molecule has 0 spiro atoms. The lowest BCUT2D eigenvalue weighted by atomic mass is 10.2. The number of carboxylic acid groups (broad SMARTS) is 1. The predicted molar refractivity (Wildman–Crippen MR) is 84.8 cm³/mol. The monoisotopic (exact) mass is 329 g/mol. The first kappa shape index (κ1) is 18.3. The summed E-state index contributed by atoms with van der Waals surface area (Å²) in [4.78, 5) is 22.8. The minimum absolute atomic E-state index is 0.325. The molecule has 0 radical (unpaired) electrons. The van der Waals surface area contributed by atoms with Crippen LogP contribution < -0.4 is 5.32 Å². The number of amides is 1. The number of alkyl carbamates (subject to hydrolysis) is 1. The van der Waals surface area contributed by atoms with Gasteiger partial charge < -0.3 is 15.2 Å². The van der Waals surface area contributed by atoms with E-state index in [4.69, 9.17) is 9.84 Å². The van der Waals surface area contributed by atoms with Gasteiger partial charge in [0.1, 0.15) is 11.6 Å². The Hall–Kier alpha value is -1.70. The fourth-order valence-electron chi connectivity index (χ4n) is 1.63. The van der Waals surface area contributed by atoms with Gasteiger partial charge in [-0.15, -0.1) is 0 Å². The van der Waals surface area contributed by atoms with Gasteiger partial charge in [-0.3, -0.25) is 4.68 Å². The van der Waals surface area contributed by atoms with Crippen LogP contribution in [0.25, 0.3) is 0 Å². The van der Waals surface area contributed by atoms with Crippen LogP contribution in [0.1, 0.15) is 32.9 Å². The van der Waals surface area contributed by atoms with Crippen molar-refractivity contribution in [1.82, 2.24) is 15.1 Å². The van der Waals surface area contributed by atoms with Gasteiger partial charge in [-0.05, 0) is 39.0 Å². The molecule has 1 unspecified atom stereocenters. The van der Waals surface area contributed by atoms with Gasteiger partial charge in [-0.25, -0.2) is 9.59 Å². The standard InChI is InChI=1S/C14H23N3O4S/c1-14(2,3)21-13(20)15-11(12(18)19)6-8-22-9-10-5-7-17(4)16-10/h5,7,11H,6,8-9H2,1-4H3,(H,15,20)(H,18,19). The summed E-state index contributed by atoms with van der Waals surface area (Å²) in [6, 6.07) is 0.965. The summed E-state index contributed by atoms with van der Waals surface area (Å²) in [6.07, 6.45) is 1.47. The van der Waals surface area contributed by atoms with Gasteiger partial charge in [0.05, 0.1) is 5.69 Å². The minimum Gasteiger partial charge on any atom is -0.480 e. The third kappa shape index (κ3) is 7.35. The van der Waals surface area contributed by atoms with Crippen LogP contribution >= 0.6 is 11.8 Å². The first-order valence-corrected chi connectivity index (χ1v) is 8.11. The van der Waals surface area contributed by atoms with E-state index in [1.807, 2.05) is 19.3 Å². The molecule has 8 heteroatoms. The number of aromatic nitrogens is 2. The van der Waals surface area contributed by atoms with Crippen molar-refractivity contribution in [2.75, 3.05) is 5.75 Å². The van der Waals surface area contributed by atoms with E-state index in [0.29, 0.717) is 17.9 Å². The molecule has 0 aliphatic rings. The molecular weight excluding hydrogens is 306 g/mol. The smallest absolute Gasteiger partial charge is 0.408 e. The van der Waals surface area contributed by atoms with E-state index in [2.05, 4.69) is 10.4 Å². The molecule has 1 aromatic heterocycles. The normalized spacial score (nSPS) is 12.7. The second-order valence-corrected chi connectivity index (χ2v) is 6.96. The van der Waals surface area contributed by atoms with E-state index < -0.39 is 23.7 Å². The van der Waals surface area contributed by atoms with E-state index in [0.717, 1.165) is 5.69 Å². The highest BCUT2D eigenvalue weighted by molar-refractivity contribution is 7.98. The molecule has 7 nitrogen and oxygen atoms in total. The number of nitrogens with zero attached hydrogens (tertiary/aromatic N) is 2. The summed E-state index contributed by atoms with van der Waals surface area (Å²) in [5, 5.41) is 15.8. The lowest BCUT2D eigenvalue weighted by Crippen LogP contribution is -2.43. The second kappa shape index (κ2) is 8.07. The first-order chi connectivity index (χ1) is 10.2. The quantitative estimate of drug-likeness (QED) is 0.743. The Labute approximate surface area is 134 Å². The van der Waals surface area contributed by atoms with E-state index in [1.165, 1.54) is 0 Å². The van der Waals surface area contributed by atoms with Gasteiger partial charge in [-0.2, -0.15) is 16.9 Å². The summed E-state index contributed by atoms with van der Waals surface area (Å²) in [7, 11) is 1.85. The average Bonchev–Trinajstić information content (AvgIpc) is 2.76. The fraction of sp³-hybridized carbons (Fsp3) is 0.643. The zero-order valence-corrected chi connectivity index (χ0v) is 14.1. The van der Waals surface area contributed by atoms with Crippen LogP contribution in [0.3, 0.4) is 0 Å². The van der Waals surface area contributed by atoms with Crippen LogP contribution in [0.2, 0.25) is 0 Å².